The molecule has 12 heteroatoms. The fourth-order valence-electron chi connectivity index (χ4n) is 4.69. The first-order valence-electron chi connectivity index (χ1n) is 13.4. The molecule has 2 aromatic rings. The average Bonchev–Trinajstić information content (AvgIpc) is 2.90. The maximum Gasteiger partial charge on any atom is 0.354 e. The van der Waals surface area contributed by atoms with Crippen molar-refractivity contribution >= 4 is 30.2 Å². The van der Waals surface area contributed by atoms with E-state index in [4.69, 9.17) is 11.5 Å². The van der Waals surface area contributed by atoms with Crippen LogP contribution in [-0.4, -0.2) is 87.0 Å². The fourth-order valence-corrected chi connectivity index (χ4v) is 4.69. The lowest BCUT2D eigenvalue weighted by Crippen LogP contribution is -2.61. The molecular weight excluding hydrogens is 520 g/mol. The fraction of sp³-hybridized carbons (Fsp3) is 0.556. The van der Waals surface area contributed by atoms with E-state index in [0.717, 1.165) is 32.5 Å². The van der Waals surface area contributed by atoms with Gasteiger partial charge in [-0.3, -0.25) is 19.6 Å². The number of amides is 3. The number of likely N-dealkylation sites (tertiary alicyclic amines) is 1. The van der Waals surface area contributed by atoms with Crippen LogP contribution in [0.3, 0.4) is 0 Å². The highest BCUT2D eigenvalue weighted by Crippen LogP contribution is 2.18. The number of nitrogens with one attached hydrogen (secondary N) is 1. The summed E-state index contributed by atoms with van der Waals surface area (Å²) in [5, 5.41) is 2.70. The minimum Gasteiger partial charge on any atom is -0.338 e. The van der Waals surface area contributed by atoms with E-state index in [1.54, 1.807) is 29.0 Å². The Morgan fingerprint density at radius 3 is 2.18 bits per heavy atom. The molecule has 11 nitrogen and oxygen atoms in total. The number of nitrogens with two attached hydrogens (primary N) is 2. The van der Waals surface area contributed by atoms with Gasteiger partial charge in [0.15, 0.2) is 0 Å². The first-order chi connectivity index (χ1) is 18.0. The molecule has 0 saturated carbocycles. The van der Waals surface area contributed by atoms with E-state index in [1.165, 1.54) is 10.1 Å². The second-order valence-corrected chi connectivity index (χ2v) is 10.9. The Hall–Kier alpha value is -2.99. The summed E-state index contributed by atoms with van der Waals surface area (Å²) in [5.41, 5.74) is 12.7. The third kappa shape index (κ3) is 7.36. The SMILES string of the molecule is CC(C)C(C)(N)C(=O)N1CCN(C(=O)Nc2ccn(-c3ccc(CN4CCC(N)CC4)cc3)c(=O)n2)CC1.Cl. The van der Waals surface area contributed by atoms with Gasteiger partial charge in [0.2, 0.25) is 5.91 Å². The van der Waals surface area contributed by atoms with Crippen molar-refractivity contribution < 1.29 is 9.59 Å². The monoisotopic (exact) mass is 560 g/mol. The van der Waals surface area contributed by atoms with Gasteiger partial charge in [0.25, 0.3) is 0 Å². The number of anilines is 1. The Balaban J connectivity index is 0.00000420. The van der Waals surface area contributed by atoms with E-state index < -0.39 is 11.2 Å². The van der Waals surface area contributed by atoms with Gasteiger partial charge in [0, 0.05) is 45.0 Å². The van der Waals surface area contributed by atoms with E-state index in [1.807, 2.05) is 38.1 Å². The zero-order chi connectivity index (χ0) is 27.4. The normalized spacial score (nSPS) is 18.4. The highest BCUT2D eigenvalue weighted by Gasteiger charge is 2.37. The Morgan fingerprint density at radius 1 is 1.03 bits per heavy atom. The van der Waals surface area contributed by atoms with Crippen molar-refractivity contribution in [1.82, 2.24) is 24.3 Å². The van der Waals surface area contributed by atoms with Crippen LogP contribution in [0.4, 0.5) is 10.6 Å². The molecule has 3 amide bonds. The first kappa shape index (κ1) is 30.6. The van der Waals surface area contributed by atoms with E-state index in [2.05, 4.69) is 15.2 Å². The molecule has 2 saturated heterocycles. The summed E-state index contributed by atoms with van der Waals surface area (Å²) >= 11 is 0. The van der Waals surface area contributed by atoms with Crippen molar-refractivity contribution in [1.29, 1.82) is 0 Å². The molecule has 214 valence electrons. The number of piperazine rings is 1. The standard InChI is InChI=1S/C27H40N8O3.ClH/c1-19(2)27(3,29)24(36)33-14-16-34(17-15-33)25(37)30-23-10-13-35(26(38)31-23)22-6-4-20(5-7-22)18-32-11-8-21(28)9-12-32;/h4-7,10,13,19,21H,8-9,11-12,14-18,28-29H2,1-3H3,(H,30,31,37,38);1H. The topological polar surface area (TPSA) is 143 Å². The van der Waals surface area contributed by atoms with Crippen molar-refractivity contribution in [2.24, 2.45) is 17.4 Å². The Bertz CT molecular complexity index is 1180. The second-order valence-electron chi connectivity index (χ2n) is 10.9. The predicted molar refractivity (Wildman–Crippen MR) is 154 cm³/mol. The highest BCUT2D eigenvalue weighted by atomic mass is 35.5. The lowest BCUT2D eigenvalue weighted by Gasteiger charge is -2.39. The van der Waals surface area contributed by atoms with Gasteiger partial charge in [-0.15, -0.1) is 12.4 Å². The molecule has 1 unspecified atom stereocenters. The summed E-state index contributed by atoms with van der Waals surface area (Å²) in [6.45, 7) is 10.00. The Labute approximate surface area is 235 Å². The molecule has 0 bridgehead atoms. The molecule has 1 aromatic carbocycles. The molecule has 4 rings (SSSR count). The van der Waals surface area contributed by atoms with Crippen LogP contribution in [-0.2, 0) is 11.3 Å². The summed E-state index contributed by atoms with van der Waals surface area (Å²) in [4.78, 5) is 48.0. The van der Waals surface area contributed by atoms with Crippen molar-refractivity contribution in [2.75, 3.05) is 44.6 Å². The summed E-state index contributed by atoms with van der Waals surface area (Å²) in [5.74, 6) is 0.0769. The molecule has 2 aliphatic heterocycles. The zero-order valence-electron chi connectivity index (χ0n) is 23.0. The Morgan fingerprint density at radius 2 is 1.62 bits per heavy atom. The minimum atomic E-state index is -0.944. The number of nitrogens with zero attached hydrogens (tertiary/aromatic N) is 5. The summed E-state index contributed by atoms with van der Waals surface area (Å²) in [7, 11) is 0. The van der Waals surface area contributed by atoms with Gasteiger partial charge in [0.1, 0.15) is 5.82 Å². The molecule has 2 aliphatic rings. The number of rotatable bonds is 6. The maximum absolute atomic E-state index is 12.8. The van der Waals surface area contributed by atoms with E-state index in [9.17, 15) is 14.4 Å². The van der Waals surface area contributed by atoms with Gasteiger partial charge in [-0.05, 0) is 62.5 Å². The van der Waals surface area contributed by atoms with Gasteiger partial charge in [-0.25, -0.2) is 9.59 Å². The highest BCUT2D eigenvalue weighted by molar-refractivity contribution is 5.89. The second kappa shape index (κ2) is 12.9. The van der Waals surface area contributed by atoms with Crippen LogP contribution in [0, 0.1) is 5.92 Å². The van der Waals surface area contributed by atoms with E-state index in [0.29, 0.717) is 37.9 Å². The first-order valence-corrected chi connectivity index (χ1v) is 13.4. The molecule has 0 spiro atoms. The van der Waals surface area contributed by atoms with Crippen LogP contribution < -0.4 is 22.5 Å². The van der Waals surface area contributed by atoms with Crippen molar-refractivity contribution in [3.8, 4) is 5.69 Å². The quantitative estimate of drug-likeness (QED) is 0.487. The number of hydrogen-bond donors (Lipinski definition) is 3. The smallest absolute Gasteiger partial charge is 0.338 e. The summed E-state index contributed by atoms with van der Waals surface area (Å²) in [6, 6.07) is 9.39. The number of carbonyl (C=O) groups is 2. The average molecular weight is 561 g/mol. The lowest BCUT2D eigenvalue weighted by molar-refractivity contribution is -0.139. The third-order valence-corrected chi connectivity index (χ3v) is 7.81. The van der Waals surface area contributed by atoms with Crippen LogP contribution in [0.15, 0.2) is 41.3 Å². The number of carbonyl (C=O) groups excluding carboxylic acids is 2. The van der Waals surface area contributed by atoms with Gasteiger partial charge in [-0.2, -0.15) is 4.98 Å². The van der Waals surface area contributed by atoms with Gasteiger partial charge < -0.3 is 21.3 Å². The Kier molecular flexibility index (Phi) is 10.1. The van der Waals surface area contributed by atoms with Crippen LogP contribution in [0.5, 0.6) is 0 Å². The third-order valence-electron chi connectivity index (χ3n) is 7.81. The summed E-state index contributed by atoms with van der Waals surface area (Å²) < 4.78 is 1.45. The van der Waals surface area contributed by atoms with Crippen LogP contribution in [0.1, 0.15) is 39.2 Å². The molecule has 3 heterocycles. The van der Waals surface area contributed by atoms with E-state index >= 15 is 0 Å². The molecule has 5 N–H and O–H groups in total. The van der Waals surface area contributed by atoms with Crippen molar-refractivity contribution in [3.63, 3.8) is 0 Å². The number of halogens is 1. The predicted octanol–water partition coefficient (Wildman–Crippen LogP) is 1.63. The molecule has 2 fully saturated rings. The molecule has 39 heavy (non-hydrogen) atoms. The molecule has 0 aliphatic carbocycles. The maximum atomic E-state index is 12.8. The van der Waals surface area contributed by atoms with Gasteiger partial charge in [0.05, 0.1) is 11.2 Å². The molecule has 1 atom stereocenters. The number of urea groups is 1. The number of hydrogen-bond acceptors (Lipinski definition) is 7. The van der Waals surface area contributed by atoms with Gasteiger partial charge >= 0.3 is 11.7 Å². The molecule has 1 aromatic heterocycles. The zero-order valence-corrected chi connectivity index (χ0v) is 23.8. The van der Waals surface area contributed by atoms with Crippen molar-refractivity contribution in [3.05, 3.63) is 52.6 Å². The van der Waals surface area contributed by atoms with Crippen molar-refractivity contribution in [2.45, 2.75) is 51.7 Å². The molecular formula is C27H41ClN8O3. The minimum absolute atomic E-state index is 0. The van der Waals surface area contributed by atoms with Crippen LogP contribution in [0.2, 0.25) is 0 Å². The van der Waals surface area contributed by atoms with E-state index in [-0.39, 0.29) is 36.1 Å². The van der Waals surface area contributed by atoms with Gasteiger partial charge in [-0.1, -0.05) is 26.0 Å². The number of aromatic nitrogens is 2. The number of piperidine rings is 1. The summed E-state index contributed by atoms with van der Waals surface area (Å²) in [6.07, 6.45) is 3.64. The largest absolute Gasteiger partial charge is 0.354 e. The lowest BCUT2D eigenvalue weighted by atomic mass is 9.88. The molecule has 0 radical (unpaired) electrons. The van der Waals surface area contributed by atoms with Crippen LogP contribution in [0.25, 0.3) is 5.69 Å². The number of benzene rings is 1. The van der Waals surface area contributed by atoms with Crippen LogP contribution >= 0.6 is 12.4 Å².